The molecule has 1 aromatic rings. The summed E-state index contributed by atoms with van der Waals surface area (Å²) in [6, 6.07) is 9.37. The molecule has 0 aromatic heterocycles. The lowest BCUT2D eigenvalue weighted by Crippen LogP contribution is -2.03. The molecule has 0 unspecified atom stereocenters. The number of hydrogen-bond donors (Lipinski definition) is 5. The Balaban J connectivity index is 0. The number of rotatable bonds is 4. The molecule has 0 atom stereocenters. The molecule has 0 radical (unpaired) electrons. The second-order valence-electron chi connectivity index (χ2n) is 2.56. The first kappa shape index (κ1) is 18.8. The zero-order valence-electron chi connectivity index (χ0n) is 9.67. The summed E-state index contributed by atoms with van der Waals surface area (Å²) in [7, 11) is 0. The molecule has 0 aliphatic carbocycles. The molecule has 9 nitrogen and oxygen atoms in total. The fourth-order valence-electron chi connectivity index (χ4n) is 0.714. The van der Waals surface area contributed by atoms with Gasteiger partial charge in [-0.3, -0.25) is 5.26 Å². The number of ether oxygens (including phenoxy) is 1. The van der Waals surface area contributed by atoms with E-state index in [9.17, 15) is 0 Å². The molecule has 0 saturated carbocycles. The Bertz CT molecular complexity index is 318. The van der Waals surface area contributed by atoms with Crippen LogP contribution >= 0.6 is 0 Å². The van der Waals surface area contributed by atoms with Gasteiger partial charge < -0.3 is 25.2 Å². The average molecular weight is 278 g/mol. The Morgan fingerprint density at radius 2 is 1.32 bits per heavy atom. The van der Waals surface area contributed by atoms with Gasteiger partial charge in [-0.25, -0.2) is 14.5 Å². The van der Waals surface area contributed by atoms with Crippen LogP contribution in [-0.4, -0.2) is 51.2 Å². The molecule has 0 aliphatic rings. The zero-order valence-corrected chi connectivity index (χ0v) is 9.67. The first-order valence-corrected chi connectivity index (χ1v) is 4.68. The highest BCUT2D eigenvalue weighted by Crippen LogP contribution is 2.07. The first-order valence-electron chi connectivity index (χ1n) is 4.68. The van der Waals surface area contributed by atoms with Crippen LogP contribution in [0.3, 0.4) is 0 Å². The van der Waals surface area contributed by atoms with Crippen LogP contribution < -0.4 is 4.74 Å². The summed E-state index contributed by atoms with van der Waals surface area (Å²) >= 11 is 0. The van der Waals surface area contributed by atoms with Crippen LogP contribution in [0.2, 0.25) is 0 Å². The summed E-state index contributed by atoms with van der Waals surface area (Å²) in [5, 5.41) is 35.9. The van der Waals surface area contributed by atoms with Crippen LogP contribution in [0.5, 0.6) is 5.75 Å². The Hall–Kier alpha value is -2.52. The number of carboxylic acid groups (broad SMARTS) is 4. The molecular weight excluding hydrogens is 264 g/mol. The molecule has 0 heterocycles. The van der Waals surface area contributed by atoms with E-state index in [4.69, 9.17) is 40.0 Å². The summed E-state index contributed by atoms with van der Waals surface area (Å²) in [6.45, 7) is 0.551. The van der Waals surface area contributed by atoms with Crippen molar-refractivity contribution in [3.05, 3.63) is 30.3 Å². The van der Waals surface area contributed by atoms with E-state index in [0.717, 1.165) is 5.75 Å². The average Bonchev–Trinajstić information content (AvgIpc) is 2.29. The maximum atomic E-state index is 8.56. The summed E-state index contributed by atoms with van der Waals surface area (Å²) in [5.41, 5.74) is 0. The van der Waals surface area contributed by atoms with Crippen molar-refractivity contribution in [2.45, 2.75) is 0 Å². The van der Waals surface area contributed by atoms with Gasteiger partial charge in [-0.15, -0.1) is 0 Å². The van der Waals surface area contributed by atoms with Crippen LogP contribution in [0.15, 0.2) is 30.3 Å². The number of para-hydroxylation sites is 1. The minimum atomic E-state index is -1.83. The minimum Gasteiger partial charge on any atom is -0.491 e. The molecule has 108 valence electrons. The third-order valence-electron chi connectivity index (χ3n) is 1.19. The van der Waals surface area contributed by atoms with E-state index in [1.807, 2.05) is 30.3 Å². The molecule has 9 heteroatoms. The van der Waals surface area contributed by atoms with Gasteiger partial charge in [-0.1, -0.05) is 18.2 Å². The fourth-order valence-corrected chi connectivity index (χ4v) is 0.714. The predicted octanol–water partition coefficient (Wildman–Crippen LogP) is 2.00. The van der Waals surface area contributed by atoms with Crippen molar-refractivity contribution >= 4 is 12.3 Å². The van der Waals surface area contributed by atoms with Crippen LogP contribution in [0.1, 0.15) is 0 Å². The first-order chi connectivity index (χ1) is 8.90. The van der Waals surface area contributed by atoms with E-state index in [-0.39, 0.29) is 6.61 Å². The molecular formula is C10H14O9. The number of carbonyl (C=O) groups is 2. The molecule has 0 spiro atoms. The van der Waals surface area contributed by atoms with Gasteiger partial charge in [-0.05, 0) is 12.1 Å². The van der Waals surface area contributed by atoms with Crippen molar-refractivity contribution in [3.8, 4) is 5.75 Å². The van der Waals surface area contributed by atoms with Crippen LogP contribution in [-0.2, 0) is 4.89 Å². The van der Waals surface area contributed by atoms with E-state index < -0.39 is 12.3 Å². The summed E-state index contributed by atoms with van der Waals surface area (Å²) < 4.78 is 5.16. The third kappa shape index (κ3) is 25.6. The van der Waals surface area contributed by atoms with E-state index in [2.05, 4.69) is 4.89 Å². The van der Waals surface area contributed by atoms with Gasteiger partial charge in [-0.2, -0.15) is 0 Å². The summed E-state index contributed by atoms with van der Waals surface area (Å²) in [5.74, 6) is 0.782. The molecule has 0 aliphatic heterocycles. The van der Waals surface area contributed by atoms with E-state index >= 15 is 0 Å². The van der Waals surface area contributed by atoms with Gasteiger partial charge in [0.05, 0.1) is 0 Å². The van der Waals surface area contributed by atoms with Crippen molar-refractivity contribution in [2.75, 3.05) is 13.2 Å². The topological polar surface area (TPSA) is 154 Å². The molecule has 19 heavy (non-hydrogen) atoms. The Morgan fingerprint density at radius 3 is 1.68 bits per heavy atom. The van der Waals surface area contributed by atoms with E-state index in [1.54, 1.807) is 0 Å². The standard InChI is InChI=1S/C8H10O3.2CH2O3/c9-11-7-6-10-8-4-2-1-3-5-8;2*2-1(3)4/h1-5,9H,6-7H2;2*(H2,2,3,4). The number of benzene rings is 1. The molecule has 0 saturated heterocycles. The van der Waals surface area contributed by atoms with Gasteiger partial charge in [0, 0.05) is 0 Å². The van der Waals surface area contributed by atoms with Crippen LogP contribution in [0, 0.1) is 0 Å². The van der Waals surface area contributed by atoms with Crippen molar-refractivity contribution in [3.63, 3.8) is 0 Å². The van der Waals surface area contributed by atoms with E-state index in [0.29, 0.717) is 6.61 Å². The second kappa shape index (κ2) is 13.5. The van der Waals surface area contributed by atoms with Gasteiger partial charge in [0.2, 0.25) is 0 Å². The predicted molar refractivity (Wildman–Crippen MR) is 61.8 cm³/mol. The van der Waals surface area contributed by atoms with Crippen molar-refractivity contribution in [2.24, 2.45) is 0 Å². The maximum Gasteiger partial charge on any atom is 0.503 e. The highest BCUT2D eigenvalue weighted by molar-refractivity contribution is 5.53. The minimum absolute atomic E-state index is 0.189. The monoisotopic (exact) mass is 278 g/mol. The second-order valence-corrected chi connectivity index (χ2v) is 2.56. The number of hydrogen-bond acceptors (Lipinski definition) is 5. The summed E-state index contributed by atoms with van der Waals surface area (Å²) in [4.78, 5) is 20.9. The largest absolute Gasteiger partial charge is 0.503 e. The highest BCUT2D eigenvalue weighted by atomic mass is 17.1. The van der Waals surface area contributed by atoms with Crippen LogP contribution in [0.4, 0.5) is 9.59 Å². The van der Waals surface area contributed by atoms with Crippen LogP contribution in [0.25, 0.3) is 0 Å². The van der Waals surface area contributed by atoms with Gasteiger partial charge in [0.25, 0.3) is 0 Å². The molecule has 1 aromatic carbocycles. The molecule has 0 bridgehead atoms. The SMILES string of the molecule is O=C(O)O.O=C(O)O.OOCCOc1ccccc1. The Kier molecular flexibility index (Phi) is 13.4. The normalized spacial score (nSPS) is 8.05. The molecule has 1 rings (SSSR count). The van der Waals surface area contributed by atoms with Gasteiger partial charge in [0.15, 0.2) is 0 Å². The smallest absolute Gasteiger partial charge is 0.491 e. The fraction of sp³-hybridized carbons (Fsp3) is 0.200. The van der Waals surface area contributed by atoms with Gasteiger partial charge >= 0.3 is 12.3 Å². The van der Waals surface area contributed by atoms with Crippen molar-refractivity contribution < 1.29 is 44.9 Å². The zero-order chi connectivity index (χ0) is 15.1. The molecule has 0 fully saturated rings. The Labute approximate surface area is 107 Å². The molecule has 5 N–H and O–H groups in total. The highest BCUT2D eigenvalue weighted by Gasteiger charge is 1.89. The lowest BCUT2D eigenvalue weighted by atomic mass is 10.3. The van der Waals surface area contributed by atoms with E-state index in [1.165, 1.54) is 0 Å². The Morgan fingerprint density at radius 1 is 0.895 bits per heavy atom. The van der Waals surface area contributed by atoms with Crippen molar-refractivity contribution in [1.29, 1.82) is 0 Å². The van der Waals surface area contributed by atoms with Crippen molar-refractivity contribution in [1.82, 2.24) is 0 Å². The lowest BCUT2D eigenvalue weighted by molar-refractivity contribution is -0.245. The maximum absolute atomic E-state index is 8.56. The molecule has 0 amide bonds. The van der Waals surface area contributed by atoms with Gasteiger partial charge in [0.1, 0.15) is 19.0 Å². The third-order valence-corrected chi connectivity index (χ3v) is 1.19. The summed E-state index contributed by atoms with van der Waals surface area (Å²) in [6.07, 6.45) is -3.67. The quantitative estimate of drug-likeness (QED) is 0.316. The lowest BCUT2D eigenvalue weighted by Gasteiger charge is -2.02.